The second kappa shape index (κ2) is 6.95. The van der Waals surface area contributed by atoms with E-state index in [2.05, 4.69) is 67.3 Å². The van der Waals surface area contributed by atoms with Gasteiger partial charge in [-0.05, 0) is 58.9 Å². The molecule has 1 nitrogen and oxygen atoms in total. The van der Waals surface area contributed by atoms with E-state index in [4.69, 9.17) is 0 Å². The van der Waals surface area contributed by atoms with E-state index in [1.807, 2.05) is 12.1 Å². The normalized spacial score (nSPS) is 16.6. The minimum atomic E-state index is -0.191. The molecule has 1 heterocycles. The number of hydrogen-bond acceptors (Lipinski definition) is 1. The van der Waals surface area contributed by atoms with Gasteiger partial charge in [-0.1, -0.05) is 62.4 Å². The summed E-state index contributed by atoms with van der Waals surface area (Å²) in [6.07, 6.45) is 1.01. The maximum absolute atomic E-state index is 13.4. The van der Waals surface area contributed by atoms with Crippen LogP contribution >= 0.6 is 0 Å². The summed E-state index contributed by atoms with van der Waals surface area (Å²) < 4.78 is 13.4. The Morgan fingerprint density at radius 1 is 0.885 bits per heavy atom. The number of fused-ring (bicyclic) bond motifs is 1. The molecule has 3 aromatic carbocycles. The first kappa shape index (κ1) is 16.8. The molecule has 0 spiro atoms. The number of nitrogens with zero attached hydrogens (tertiary/aromatic N) is 1. The van der Waals surface area contributed by atoms with Gasteiger partial charge in [0.15, 0.2) is 0 Å². The Kier molecular flexibility index (Phi) is 4.50. The third kappa shape index (κ3) is 3.12. The fraction of sp³-hybridized carbons (Fsp3) is 0.250. The molecule has 1 unspecified atom stereocenters. The van der Waals surface area contributed by atoms with Gasteiger partial charge >= 0.3 is 0 Å². The molecule has 1 aliphatic heterocycles. The van der Waals surface area contributed by atoms with Gasteiger partial charge in [0.25, 0.3) is 0 Å². The molecule has 3 aromatic rings. The van der Waals surface area contributed by atoms with E-state index < -0.39 is 0 Å². The smallest absolute Gasteiger partial charge is 0.123 e. The molecule has 0 aromatic heterocycles. The second-order valence-electron chi connectivity index (χ2n) is 7.34. The number of hydrogen-bond donors (Lipinski definition) is 0. The SMILES string of the molecule is CC(C)c1ccc(C2c3ccccc3CCN2c2ccc(F)cc2)cc1. The lowest BCUT2D eigenvalue weighted by Gasteiger charge is -2.39. The first-order valence-electron chi connectivity index (χ1n) is 9.33. The lowest BCUT2D eigenvalue weighted by Crippen LogP contribution is -2.36. The van der Waals surface area contributed by atoms with Crippen LogP contribution < -0.4 is 4.90 Å². The molecular weight excluding hydrogens is 321 g/mol. The average molecular weight is 345 g/mol. The summed E-state index contributed by atoms with van der Waals surface area (Å²) in [4.78, 5) is 2.39. The molecule has 1 aliphatic rings. The molecule has 1 atom stereocenters. The van der Waals surface area contributed by atoms with Crippen LogP contribution in [0.15, 0.2) is 72.8 Å². The van der Waals surface area contributed by atoms with Crippen LogP contribution in [-0.2, 0) is 6.42 Å². The van der Waals surface area contributed by atoms with Gasteiger partial charge in [0.1, 0.15) is 5.82 Å². The molecule has 2 heteroatoms. The fourth-order valence-corrected chi connectivity index (χ4v) is 3.90. The molecule has 26 heavy (non-hydrogen) atoms. The van der Waals surface area contributed by atoms with Crippen LogP contribution in [0.4, 0.5) is 10.1 Å². The Balaban J connectivity index is 1.80. The summed E-state index contributed by atoms with van der Waals surface area (Å²) in [5, 5.41) is 0. The van der Waals surface area contributed by atoms with Crippen molar-refractivity contribution in [1.82, 2.24) is 0 Å². The van der Waals surface area contributed by atoms with E-state index >= 15 is 0 Å². The van der Waals surface area contributed by atoms with E-state index in [1.54, 1.807) is 12.1 Å². The molecule has 4 rings (SSSR count). The maximum atomic E-state index is 13.4. The van der Waals surface area contributed by atoms with Crippen LogP contribution in [0.2, 0.25) is 0 Å². The zero-order chi connectivity index (χ0) is 18.1. The molecule has 0 N–H and O–H groups in total. The molecule has 0 bridgehead atoms. The predicted molar refractivity (Wildman–Crippen MR) is 106 cm³/mol. The molecule has 0 fully saturated rings. The van der Waals surface area contributed by atoms with E-state index in [9.17, 15) is 4.39 Å². The number of anilines is 1. The van der Waals surface area contributed by atoms with Crippen LogP contribution in [-0.4, -0.2) is 6.54 Å². The third-order valence-corrected chi connectivity index (χ3v) is 5.36. The van der Waals surface area contributed by atoms with Gasteiger partial charge in [0, 0.05) is 12.2 Å². The first-order chi connectivity index (χ1) is 12.6. The van der Waals surface area contributed by atoms with Crippen molar-refractivity contribution in [2.45, 2.75) is 32.2 Å². The van der Waals surface area contributed by atoms with Crippen molar-refractivity contribution in [3.05, 3.63) is 101 Å². The van der Waals surface area contributed by atoms with Crippen LogP contribution in [0, 0.1) is 5.82 Å². The van der Waals surface area contributed by atoms with Crippen molar-refractivity contribution in [3.8, 4) is 0 Å². The molecule has 0 aliphatic carbocycles. The second-order valence-corrected chi connectivity index (χ2v) is 7.34. The van der Waals surface area contributed by atoms with Crippen LogP contribution in [0.25, 0.3) is 0 Å². The lowest BCUT2D eigenvalue weighted by atomic mass is 9.87. The lowest BCUT2D eigenvalue weighted by molar-refractivity contribution is 0.623. The van der Waals surface area contributed by atoms with Crippen molar-refractivity contribution >= 4 is 5.69 Å². The van der Waals surface area contributed by atoms with Crippen LogP contribution in [0.1, 0.15) is 48.1 Å². The van der Waals surface area contributed by atoms with Gasteiger partial charge in [-0.3, -0.25) is 0 Å². The quantitative estimate of drug-likeness (QED) is 0.554. The zero-order valence-corrected chi connectivity index (χ0v) is 15.3. The van der Waals surface area contributed by atoms with Gasteiger partial charge in [-0.25, -0.2) is 4.39 Å². The van der Waals surface area contributed by atoms with Gasteiger partial charge in [0.2, 0.25) is 0 Å². The number of benzene rings is 3. The van der Waals surface area contributed by atoms with Gasteiger partial charge in [0.05, 0.1) is 6.04 Å². The number of halogens is 1. The monoisotopic (exact) mass is 345 g/mol. The van der Waals surface area contributed by atoms with Crippen LogP contribution in [0.5, 0.6) is 0 Å². The average Bonchev–Trinajstić information content (AvgIpc) is 2.68. The van der Waals surface area contributed by atoms with Crippen molar-refractivity contribution < 1.29 is 4.39 Å². The summed E-state index contributed by atoms with van der Waals surface area (Å²) in [7, 11) is 0. The van der Waals surface area contributed by atoms with Crippen molar-refractivity contribution in [2.24, 2.45) is 0 Å². The fourth-order valence-electron chi connectivity index (χ4n) is 3.90. The molecule has 0 saturated carbocycles. The summed E-state index contributed by atoms with van der Waals surface area (Å²) in [6.45, 7) is 5.37. The van der Waals surface area contributed by atoms with E-state index in [1.165, 1.54) is 22.3 Å². The van der Waals surface area contributed by atoms with E-state index in [0.717, 1.165) is 18.7 Å². The summed E-state index contributed by atoms with van der Waals surface area (Å²) in [5.41, 5.74) is 6.46. The Bertz CT molecular complexity index is 881. The van der Waals surface area contributed by atoms with Gasteiger partial charge < -0.3 is 4.90 Å². The topological polar surface area (TPSA) is 3.24 Å². The standard InChI is InChI=1S/C24H24FN/c1-17(2)18-7-9-20(10-8-18)24-23-6-4-3-5-19(23)15-16-26(24)22-13-11-21(25)12-14-22/h3-14,17,24H,15-16H2,1-2H3. The molecule has 0 amide bonds. The minimum absolute atomic E-state index is 0.159. The summed E-state index contributed by atoms with van der Waals surface area (Å²) >= 11 is 0. The Morgan fingerprint density at radius 3 is 2.27 bits per heavy atom. The highest BCUT2D eigenvalue weighted by molar-refractivity contribution is 5.56. The largest absolute Gasteiger partial charge is 0.360 e. The first-order valence-corrected chi connectivity index (χ1v) is 9.33. The summed E-state index contributed by atoms with van der Waals surface area (Å²) in [6, 6.07) is 24.7. The minimum Gasteiger partial charge on any atom is -0.360 e. The Hall–Kier alpha value is -2.61. The van der Waals surface area contributed by atoms with Crippen molar-refractivity contribution in [1.29, 1.82) is 0 Å². The zero-order valence-electron chi connectivity index (χ0n) is 15.3. The third-order valence-electron chi connectivity index (χ3n) is 5.36. The molecular formula is C24H24FN. The van der Waals surface area contributed by atoms with Crippen molar-refractivity contribution in [2.75, 3.05) is 11.4 Å². The van der Waals surface area contributed by atoms with Crippen LogP contribution in [0.3, 0.4) is 0 Å². The van der Waals surface area contributed by atoms with E-state index in [-0.39, 0.29) is 11.9 Å². The van der Waals surface area contributed by atoms with Crippen molar-refractivity contribution in [3.63, 3.8) is 0 Å². The maximum Gasteiger partial charge on any atom is 0.123 e. The Morgan fingerprint density at radius 2 is 1.58 bits per heavy atom. The molecule has 0 radical (unpaired) electrons. The van der Waals surface area contributed by atoms with Gasteiger partial charge in [-0.15, -0.1) is 0 Å². The summed E-state index contributed by atoms with van der Waals surface area (Å²) in [5.74, 6) is 0.333. The predicted octanol–water partition coefficient (Wildman–Crippen LogP) is 6.10. The van der Waals surface area contributed by atoms with Gasteiger partial charge in [-0.2, -0.15) is 0 Å². The van der Waals surface area contributed by atoms with E-state index in [0.29, 0.717) is 5.92 Å². The highest BCUT2D eigenvalue weighted by Gasteiger charge is 2.28. The molecule has 0 saturated heterocycles. The molecule has 132 valence electrons. The highest BCUT2D eigenvalue weighted by Crippen LogP contribution is 2.38. The number of rotatable bonds is 3. The Labute approximate surface area is 155 Å². The highest BCUT2D eigenvalue weighted by atomic mass is 19.1.